The summed E-state index contributed by atoms with van der Waals surface area (Å²) in [5.74, 6) is 0.126. The van der Waals surface area contributed by atoms with E-state index in [0.717, 1.165) is 0 Å². The van der Waals surface area contributed by atoms with Crippen LogP contribution in [0.5, 0.6) is 0 Å². The molecule has 1 saturated heterocycles. The number of nitriles is 1. The number of anilines is 2. The molecule has 2 aliphatic heterocycles. The summed E-state index contributed by atoms with van der Waals surface area (Å²) in [5.41, 5.74) is -0.291. The molecular weight excluding hydrogens is 543 g/mol. The summed E-state index contributed by atoms with van der Waals surface area (Å²) in [6.45, 7) is -1.47. The summed E-state index contributed by atoms with van der Waals surface area (Å²) in [7, 11) is -3.81. The van der Waals surface area contributed by atoms with E-state index in [9.17, 15) is 42.2 Å². The second-order valence-electron chi connectivity index (χ2n) is 9.54. The maximum absolute atomic E-state index is 13.0. The lowest BCUT2D eigenvalue weighted by molar-refractivity contribution is -0.137. The molecule has 1 aromatic carbocycles. The summed E-state index contributed by atoms with van der Waals surface area (Å²) < 4.78 is 61.9. The van der Waals surface area contributed by atoms with Crippen LogP contribution >= 0.6 is 10.8 Å². The molecule has 1 fully saturated rings. The Morgan fingerprint density at radius 3 is 2.62 bits per heavy atom. The molecule has 208 valence electrons. The first-order chi connectivity index (χ1) is 18.3. The molecule has 3 aromatic rings. The van der Waals surface area contributed by atoms with E-state index in [-0.39, 0.29) is 47.7 Å². The minimum absolute atomic E-state index is 0.0105. The van der Waals surface area contributed by atoms with Crippen LogP contribution in [0.3, 0.4) is 0 Å². The SMILES string of the molecule is N#CCC1(n2nc(Nc3ccc4c(c3)CN(CC(F)(F)F)S4(O)O)c3c(=O)[nH]ccc32)CCN(C(=O)O)CC1. The number of halogens is 3. The molecule has 0 atom stereocenters. The van der Waals surface area contributed by atoms with Gasteiger partial charge in [0, 0.05) is 31.5 Å². The van der Waals surface area contributed by atoms with Crippen LogP contribution in [-0.4, -0.2) is 70.1 Å². The smallest absolute Gasteiger partial charge is 0.407 e. The Balaban J connectivity index is 1.52. The molecule has 0 bridgehead atoms. The number of carbonyl (C=O) groups is 1. The van der Waals surface area contributed by atoms with Crippen molar-refractivity contribution in [3.63, 3.8) is 0 Å². The fourth-order valence-corrected chi connectivity index (χ4v) is 6.85. The number of aromatic nitrogens is 3. The van der Waals surface area contributed by atoms with Gasteiger partial charge >= 0.3 is 12.3 Å². The average Bonchev–Trinajstić information content (AvgIpc) is 3.34. The topological polar surface area (TPSA) is 171 Å². The number of H-pyrrole nitrogens is 1. The molecular formula is C23H24F3N7O5S. The Labute approximate surface area is 220 Å². The number of pyridine rings is 1. The fourth-order valence-electron chi connectivity index (χ4n) is 5.20. The van der Waals surface area contributed by atoms with Crippen LogP contribution < -0.4 is 10.9 Å². The molecule has 12 nitrogen and oxygen atoms in total. The van der Waals surface area contributed by atoms with Crippen molar-refractivity contribution in [3.05, 3.63) is 46.4 Å². The molecule has 0 spiro atoms. The number of nitrogens with zero attached hydrogens (tertiary/aromatic N) is 5. The van der Waals surface area contributed by atoms with Gasteiger partial charge in [0.25, 0.3) is 5.56 Å². The van der Waals surface area contributed by atoms with Crippen LogP contribution in [-0.2, 0) is 12.1 Å². The van der Waals surface area contributed by atoms with Crippen molar-refractivity contribution in [1.82, 2.24) is 24.0 Å². The van der Waals surface area contributed by atoms with Crippen LogP contribution in [0.25, 0.3) is 10.9 Å². The molecule has 1 amide bonds. The van der Waals surface area contributed by atoms with Crippen LogP contribution in [0.15, 0.2) is 40.2 Å². The van der Waals surface area contributed by atoms with Crippen LogP contribution in [0.1, 0.15) is 24.8 Å². The lowest BCUT2D eigenvalue weighted by atomic mass is 9.85. The molecule has 5 rings (SSSR count). The van der Waals surface area contributed by atoms with Gasteiger partial charge in [-0.2, -0.15) is 27.8 Å². The van der Waals surface area contributed by atoms with Gasteiger partial charge in [-0.3, -0.25) is 18.6 Å². The normalized spacial score (nSPS) is 19.4. The minimum Gasteiger partial charge on any atom is -0.465 e. The standard InChI is InChI=1S/C23H24F3N7O5S/c24-23(25,26)13-32-12-14-11-15(1-2-17(14)39(32,37)38)29-19-18-16(3-8-28-20(18)34)33(30-19)22(4-7-27)5-9-31(10-6-22)21(35)36/h1-3,8,11,37-38H,4-6,9-10,12-13H2,(H,28,34)(H,29,30)(H,35,36). The van der Waals surface area contributed by atoms with Crippen LogP contribution in [0, 0.1) is 11.3 Å². The summed E-state index contributed by atoms with van der Waals surface area (Å²) in [5, 5.41) is 26.8. The van der Waals surface area contributed by atoms with Gasteiger partial charge < -0.3 is 20.3 Å². The summed E-state index contributed by atoms with van der Waals surface area (Å²) in [4.78, 5) is 28.1. The molecule has 5 N–H and O–H groups in total. The third-order valence-corrected chi connectivity index (χ3v) is 9.07. The second-order valence-corrected chi connectivity index (χ2v) is 11.5. The van der Waals surface area contributed by atoms with E-state index in [4.69, 9.17) is 0 Å². The highest BCUT2D eigenvalue weighted by Crippen LogP contribution is 2.59. The van der Waals surface area contributed by atoms with E-state index in [0.29, 0.717) is 28.4 Å². The average molecular weight is 568 g/mol. The molecule has 16 heteroatoms. The third kappa shape index (κ3) is 4.78. The highest BCUT2D eigenvalue weighted by molar-refractivity contribution is 8.22. The van der Waals surface area contributed by atoms with Gasteiger partial charge in [0.2, 0.25) is 0 Å². The highest BCUT2D eigenvalue weighted by Gasteiger charge is 2.43. The van der Waals surface area contributed by atoms with Crippen LogP contribution in [0.2, 0.25) is 0 Å². The third-order valence-electron chi connectivity index (χ3n) is 7.11. The van der Waals surface area contributed by atoms with Gasteiger partial charge in [0.15, 0.2) is 5.82 Å². The molecule has 2 aliphatic rings. The van der Waals surface area contributed by atoms with E-state index in [2.05, 4.69) is 21.5 Å². The Morgan fingerprint density at radius 1 is 1.26 bits per heavy atom. The number of piperidine rings is 1. The molecule has 2 aromatic heterocycles. The number of rotatable bonds is 5. The fraction of sp³-hybridized carbons (Fsp3) is 0.391. The van der Waals surface area contributed by atoms with Crippen LogP contribution in [0.4, 0.5) is 29.5 Å². The number of carboxylic acid groups (broad SMARTS) is 1. The summed E-state index contributed by atoms with van der Waals surface area (Å²) in [6.07, 6.45) is -3.64. The zero-order valence-electron chi connectivity index (χ0n) is 20.3. The highest BCUT2D eigenvalue weighted by atomic mass is 32.3. The predicted octanol–water partition coefficient (Wildman–Crippen LogP) is 4.25. The first kappa shape index (κ1) is 26.8. The lowest BCUT2D eigenvalue weighted by Crippen LogP contribution is -2.48. The van der Waals surface area contributed by atoms with E-state index in [1.165, 1.54) is 29.3 Å². The quantitative estimate of drug-likeness (QED) is 0.302. The molecule has 39 heavy (non-hydrogen) atoms. The first-order valence-corrected chi connectivity index (χ1v) is 13.3. The van der Waals surface area contributed by atoms with Gasteiger partial charge in [0.1, 0.15) is 11.9 Å². The first-order valence-electron chi connectivity index (χ1n) is 11.8. The van der Waals surface area contributed by atoms with E-state index in [1.54, 1.807) is 10.7 Å². The second kappa shape index (κ2) is 9.45. The number of fused-ring (bicyclic) bond motifs is 2. The number of nitrogens with one attached hydrogen (secondary N) is 2. The molecule has 0 unspecified atom stereocenters. The van der Waals surface area contributed by atoms with Crippen molar-refractivity contribution in [2.24, 2.45) is 0 Å². The lowest BCUT2D eigenvalue weighted by Gasteiger charge is -2.40. The van der Waals surface area contributed by atoms with Crippen molar-refractivity contribution in [3.8, 4) is 6.07 Å². The predicted molar refractivity (Wildman–Crippen MR) is 135 cm³/mol. The molecule has 4 heterocycles. The van der Waals surface area contributed by atoms with Crippen molar-refractivity contribution in [2.75, 3.05) is 25.0 Å². The number of hydrogen-bond acceptors (Lipinski definition) is 8. The van der Waals surface area contributed by atoms with Crippen molar-refractivity contribution in [1.29, 1.82) is 5.26 Å². The number of aromatic amines is 1. The Hall–Kier alpha value is -3.78. The number of likely N-dealkylation sites (tertiary alicyclic amines) is 1. The molecule has 0 saturated carbocycles. The zero-order valence-corrected chi connectivity index (χ0v) is 21.1. The molecule has 0 radical (unpaired) electrons. The van der Waals surface area contributed by atoms with Crippen molar-refractivity contribution in [2.45, 2.75) is 42.4 Å². The van der Waals surface area contributed by atoms with Gasteiger partial charge in [-0.15, -0.1) is 10.8 Å². The van der Waals surface area contributed by atoms with E-state index < -0.39 is 40.7 Å². The Bertz CT molecular complexity index is 1540. The van der Waals surface area contributed by atoms with Gasteiger partial charge in [-0.05, 0) is 42.7 Å². The number of amides is 1. The van der Waals surface area contributed by atoms with Gasteiger partial charge in [0.05, 0.1) is 28.4 Å². The summed E-state index contributed by atoms with van der Waals surface area (Å²) >= 11 is 0. The largest absolute Gasteiger partial charge is 0.465 e. The summed E-state index contributed by atoms with van der Waals surface area (Å²) in [6, 6.07) is 8.02. The zero-order chi connectivity index (χ0) is 28.2. The van der Waals surface area contributed by atoms with Gasteiger partial charge in [-0.1, -0.05) is 0 Å². The van der Waals surface area contributed by atoms with E-state index in [1.807, 2.05) is 0 Å². The van der Waals surface area contributed by atoms with Crippen molar-refractivity contribution < 1.29 is 32.2 Å². The van der Waals surface area contributed by atoms with Gasteiger partial charge in [-0.25, -0.2) is 4.79 Å². The van der Waals surface area contributed by atoms with E-state index >= 15 is 0 Å². The minimum atomic E-state index is -4.63. The Kier molecular flexibility index (Phi) is 6.50. The Morgan fingerprint density at radius 2 is 1.97 bits per heavy atom. The number of benzene rings is 1. The monoisotopic (exact) mass is 567 g/mol. The maximum Gasteiger partial charge on any atom is 0.407 e. The number of hydrogen-bond donors (Lipinski definition) is 5. The maximum atomic E-state index is 13.0. The molecule has 0 aliphatic carbocycles. The van der Waals surface area contributed by atoms with Crippen molar-refractivity contribution >= 4 is 39.3 Å². The number of alkyl halides is 3.